The molecule has 1 aromatic heterocycles. The van der Waals surface area contributed by atoms with Gasteiger partial charge in [0.05, 0.1) is 16.3 Å². The van der Waals surface area contributed by atoms with Crippen LogP contribution in [0.4, 0.5) is 11.4 Å². The van der Waals surface area contributed by atoms with Gasteiger partial charge < -0.3 is 20.5 Å². The number of benzene rings is 1. The topological polar surface area (TPSA) is 73.6 Å². The molecule has 0 bridgehead atoms. The van der Waals surface area contributed by atoms with Gasteiger partial charge in [-0.25, -0.2) is 0 Å². The number of hydrogen-bond donors (Lipinski definition) is 2. The number of hydrogen-bond acceptors (Lipinski definition) is 5. The summed E-state index contributed by atoms with van der Waals surface area (Å²) in [6.45, 7) is 2.20. The zero-order chi connectivity index (χ0) is 14.1. The quantitative estimate of drug-likeness (QED) is 0.852. The molecule has 5 nitrogen and oxygen atoms in total. The van der Waals surface area contributed by atoms with Crippen molar-refractivity contribution in [1.82, 2.24) is 0 Å². The van der Waals surface area contributed by atoms with Crippen LogP contribution in [0.25, 0.3) is 0 Å². The molecule has 1 amide bonds. The maximum absolute atomic E-state index is 12.3. The fraction of sp³-hybridized carbons (Fsp3) is 0.214. The molecule has 0 aliphatic carbocycles. The zero-order valence-corrected chi connectivity index (χ0v) is 11.8. The smallest absolute Gasteiger partial charge is 0.266 e. The number of amides is 1. The summed E-state index contributed by atoms with van der Waals surface area (Å²) >= 11 is 1.42. The molecule has 104 valence electrons. The molecule has 0 spiro atoms. The van der Waals surface area contributed by atoms with Gasteiger partial charge in [-0.05, 0) is 23.4 Å². The van der Waals surface area contributed by atoms with Crippen molar-refractivity contribution < 1.29 is 14.3 Å². The predicted octanol–water partition coefficient (Wildman–Crippen LogP) is 2.87. The minimum atomic E-state index is -0.151. The number of ether oxygens (including phenoxy) is 2. The Hall–Kier alpha value is -2.21. The first-order valence-electron chi connectivity index (χ1n) is 6.26. The van der Waals surface area contributed by atoms with Crippen LogP contribution in [0.3, 0.4) is 0 Å². The first kappa shape index (κ1) is 12.8. The average molecular weight is 290 g/mol. The van der Waals surface area contributed by atoms with E-state index in [0.29, 0.717) is 27.8 Å². The summed E-state index contributed by atoms with van der Waals surface area (Å²) in [6.07, 6.45) is 0.822. The monoisotopic (exact) mass is 290 g/mol. The first-order valence-corrected chi connectivity index (χ1v) is 7.14. The highest BCUT2D eigenvalue weighted by molar-refractivity contribution is 7.12. The van der Waals surface area contributed by atoms with Crippen molar-refractivity contribution in [2.45, 2.75) is 13.3 Å². The van der Waals surface area contributed by atoms with Crippen LogP contribution in [0, 0.1) is 0 Å². The minimum Gasteiger partial charge on any atom is -0.454 e. The van der Waals surface area contributed by atoms with Gasteiger partial charge in [-0.15, -0.1) is 11.3 Å². The van der Waals surface area contributed by atoms with Crippen molar-refractivity contribution in [3.63, 3.8) is 0 Å². The summed E-state index contributed by atoms with van der Waals surface area (Å²) < 4.78 is 10.5. The van der Waals surface area contributed by atoms with Crippen molar-refractivity contribution in [3.05, 3.63) is 34.0 Å². The third kappa shape index (κ3) is 2.18. The van der Waals surface area contributed by atoms with Gasteiger partial charge in [0.25, 0.3) is 5.91 Å². The lowest BCUT2D eigenvalue weighted by Crippen LogP contribution is -2.13. The Morgan fingerprint density at radius 1 is 1.40 bits per heavy atom. The summed E-state index contributed by atoms with van der Waals surface area (Å²) in [6, 6.07) is 5.31. The van der Waals surface area contributed by atoms with Gasteiger partial charge in [-0.2, -0.15) is 0 Å². The second-order valence-corrected chi connectivity index (χ2v) is 5.29. The molecule has 0 radical (unpaired) electrons. The van der Waals surface area contributed by atoms with Gasteiger partial charge in [0.1, 0.15) is 0 Å². The number of nitrogen functional groups attached to an aromatic ring is 1. The fourth-order valence-corrected chi connectivity index (χ4v) is 2.95. The van der Waals surface area contributed by atoms with Crippen LogP contribution in [-0.2, 0) is 6.42 Å². The highest BCUT2D eigenvalue weighted by Gasteiger charge is 2.19. The van der Waals surface area contributed by atoms with E-state index in [4.69, 9.17) is 15.2 Å². The largest absolute Gasteiger partial charge is 0.454 e. The van der Waals surface area contributed by atoms with Gasteiger partial charge in [0, 0.05) is 12.1 Å². The fourth-order valence-electron chi connectivity index (χ4n) is 2.06. The summed E-state index contributed by atoms with van der Waals surface area (Å²) in [5.74, 6) is 1.05. The molecule has 1 aliphatic heterocycles. The number of rotatable bonds is 3. The molecule has 0 atom stereocenters. The lowest BCUT2D eigenvalue weighted by Gasteiger charge is -2.09. The third-order valence-electron chi connectivity index (χ3n) is 3.13. The Morgan fingerprint density at radius 3 is 2.90 bits per heavy atom. The van der Waals surface area contributed by atoms with Crippen LogP contribution in [0.15, 0.2) is 23.6 Å². The summed E-state index contributed by atoms with van der Waals surface area (Å²) in [5.41, 5.74) is 7.95. The van der Waals surface area contributed by atoms with E-state index >= 15 is 0 Å². The molecule has 0 saturated carbocycles. The van der Waals surface area contributed by atoms with E-state index in [-0.39, 0.29) is 12.7 Å². The van der Waals surface area contributed by atoms with E-state index in [2.05, 4.69) is 5.32 Å². The van der Waals surface area contributed by atoms with Crippen molar-refractivity contribution in [3.8, 4) is 11.5 Å². The van der Waals surface area contributed by atoms with E-state index in [1.807, 2.05) is 18.4 Å². The van der Waals surface area contributed by atoms with Gasteiger partial charge in [0.2, 0.25) is 6.79 Å². The molecule has 3 N–H and O–H groups in total. The van der Waals surface area contributed by atoms with Crippen molar-refractivity contribution in [2.24, 2.45) is 0 Å². The standard InChI is InChI=1S/C14H14N2O3S/c1-2-8-3-4-20-13(8)14(17)16-10-6-12-11(5-9(10)15)18-7-19-12/h3-6H,2,7,15H2,1H3,(H,16,17). The van der Waals surface area contributed by atoms with Crippen molar-refractivity contribution in [2.75, 3.05) is 17.8 Å². The molecule has 6 heteroatoms. The van der Waals surface area contributed by atoms with E-state index < -0.39 is 0 Å². The molecular formula is C14H14N2O3S. The van der Waals surface area contributed by atoms with E-state index in [0.717, 1.165) is 12.0 Å². The Kier molecular flexibility index (Phi) is 3.23. The number of thiophene rings is 1. The van der Waals surface area contributed by atoms with E-state index in [9.17, 15) is 4.79 Å². The SMILES string of the molecule is CCc1ccsc1C(=O)Nc1cc2c(cc1N)OCO2. The molecule has 3 rings (SSSR count). The second-order valence-electron chi connectivity index (χ2n) is 4.38. The Balaban J connectivity index is 1.86. The highest BCUT2D eigenvalue weighted by Crippen LogP contribution is 2.38. The van der Waals surface area contributed by atoms with Crippen LogP contribution < -0.4 is 20.5 Å². The van der Waals surface area contributed by atoms with E-state index in [1.54, 1.807) is 12.1 Å². The van der Waals surface area contributed by atoms with Gasteiger partial charge >= 0.3 is 0 Å². The summed E-state index contributed by atoms with van der Waals surface area (Å²) in [5, 5.41) is 4.74. The molecule has 2 aromatic rings. The molecule has 1 aliphatic rings. The first-order chi connectivity index (χ1) is 9.69. The number of aryl methyl sites for hydroxylation is 1. The van der Waals surface area contributed by atoms with Crippen LogP contribution in [0.2, 0.25) is 0 Å². The summed E-state index contributed by atoms with van der Waals surface area (Å²) in [4.78, 5) is 13.0. The molecular weight excluding hydrogens is 276 g/mol. The number of fused-ring (bicyclic) bond motifs is 1. The van der Waals surface area contributed by atoms with Crippen LogP contribution in [0.1, 0.15) is 22.2 Å². The molecule has 0 unspecified atom stereocenters. The molecule has 1 aromatic carbocycles. The normalized spacial score (nSPS) is 12.4. The maximum Gasteiger partial charge on any atom is 0.266 e. The molecule has 2 heterocycles. The average Bonchev–Trinajstić information content (AvgIpc) is 3.06. The number of anilines is 2. The zero-order valence-electron chi connectivity index (χ0n) is 10.9. The Labute approximate surface area is 120 Å². The van der Waals surface area contributed by atoms with Crippen LogP contribution in [0.5, 0.6) is 11.5 Å². The molecule has 0 saturated heterocycles. The van der Waals surface area contributed by atoms with Gasteiger partial charge in [-0.3, -0.25) is 4.79 Å². The number of carbonyl (C=O) groups excluding carboxylic acids is 1. The third-order valence-corrected chi connectivity index (χ3v) is 4.08. The lowest BCUT2D eigenvalue weighted by molar-refractivity contribution is 0.103. The summed E-state index contributed by atoms with van der Waals surface area (Å²) in [7, 11) is 0. The Morgan fingerprint density at radius 2 is 2.15 bits per heavy atom. The number of carbonyl (C=O) groups is 1. The van der Waals surface area contributed by atoms with Crippen LogP contribution in [-0.4, -0.2) is 12.7 Å². The van der Waals surface area contributed by atoms with Gasteiger partial charge in [-0.1, -0.05) is 6.92 Å². The second kappa shape index (κ2) is 5.05. The predicted molar refractivity (Wildman–Crippen MR) is 78.6 cm³/mol. The van der Waals surface area contributed by atoms with Crippen molar-refractivity contribution >= 4 is 28.6 Å². The van der Waals surface area contributed by atoms with Crippen LogP contribution >= 0.6 is 11.3 Å². The molecule has 0 fully saturated rings. The minimum absolute atomic E-state index is 0.151. The maximum atomic E-state index is 12.3. The lowest BCUT2D eigenvalue weighted by atomic mass is 10.2. The number of nitrogens with two attached hydrogens (primary N) is 1. The Bertz CT molecular complexity index is 666. The number of nitrogens with one attached hydrogen (secondary N) is 1. The highest BCUT2D eigenvalue weighted by atomic mass is 32.1. The van der Waals surface area contributed by atoms with E-state index in [1.165, 1.54) is 11.3 Å². The molecule has 20 heavy (non-hydrogen) atoms. The van der Waals surface area contributed by atoms with Gasteiger partial charge in [0.15, 0.2) is 11.5 Å². The van der Waals surface area contributed by atoms with Crippen molar-refractivity contribution in [1.29, 1.82) is 0 Å².